The number of sulfone groups is 1. The van der Waals surface area contributed by atoms with Crippen molar-refractivity contribution in [2.75, 3.05) is 18.1 Å². The molecule has 1 heterocycles. The van der Waals surface area contributed by atoms with E-state index in [2.05, 4.69) is 0 Å². The minimum Gasteiger partial charge on any atom is -0.334 e. The summed E-state index contributed by atoms with van der Waals surface area (Å²) in [6.07, 6.45) is 0.438. The molecule has 0 N–H and O–H groups in total. The lowest BCUT2D eigenvalue weighted by molar-refractivity contribution is -0.384. The van der Waals surface area contributed by atoms with Gasteiger partial charge in [0.25, 0.3) is 11.6 Å². The number of nitrogens with zero attached hydrogens (tertiary/aromatic N) is 2. The van der Waals surface area contributed by atoms with E-state index in [1.807, 2.05) is 13.8 Å². The van der Waals surface area contributed by atoms with E-state index >= 15 is 0 Å². The fourth-order valence-corrected chi connectivity index (χ4v) is 4.43. The Labute approximate surface area is 135 Å². The van der Waals surface area contributed by atoms with Gasteiger partial charge in [0.05, 0.1) is 16.4 Å². The van der Waals surface area contributed by atoms with Crippen molar-refractivity contribution in [3.8, 4) is 0 Å². The van der Waals surface area contributed by atoms with E-state index in [9.17, 15) is 23.3 Å². The molecule has 0 saturated carbocycles. The molecule has 1 aliphatic rings. The number of hydrogen-bond donors (Lipinski definition) is 0. The molecule has 0 bridgehead atoms. The quantitative estimate of drug-likeness (QED) is 0.602. The fraction of sp³-hybridized carbons (Fsp3) is 0.533. The highest BCUT2D eigenvalue weighted by Crippen LogP contribution is 2.22. The van der Waals surface area contributed by atoms with Crippen LogP contribution in [0.25, 0.3) is 0 Å². The van der Waals surface area contributed by atoms with Crippen molar-refractivity contribution in [1.29, 1.82) is 0 Å². The van der Waals surface area contributed by atoms with Crippen LogP contribution >= 0.6 is 0 Å². The first-order chi connectivity index (χ1) is 10.7. The fourth-order valence-electron chi connectivity index (χ4n) is 2.70. The Morgan fingerprint density at radius 2 is 1.96 bits per heavy atom. The van der Waals surface area contributed by atoms with Gasteiger partial charge in [0.15, 0.2) is 9.84 Å². The molecular weight excluding hydrogens is 320 g/mol. The summed E-state index contributed by atoms with van der Waals surface area (Å²) >= 11 is 0. The maximum Gasteiger partial charge on any atom is 0.269 e. The second-order valence-corrected chi connectivity index (χ2v) is 8.44. The van der Waals surface area contributed by atoms with Gasteiger partial charge in [0.1, 0.15) is 0 Å². The van der Waals surface area contributed by atoms with Crippen molar-refractivity contribution in [1.82, 2.24) is 4.90 Å². The van der Waals surface area contributed by atoms with Gasteiger partial charge in [-0.15, -0.1) is 0 Å². The van der Waals surface area contributed by atoms with Gasteiger partial charge < -0.3 is 4.90 Å². The number of carbonyl (C=O) groups is 1. The number of nitro benzene ring substituents is 1. The monoisotopic (exact) mass is 340 g/mol. The van der Waals surface area contributed by atoms with Gasteiger partial charge in [-0.2, -0.15) is 0 Å². The third-order valence-corrected chi connectivity index (χ3v) is 5.55. The Bertz CT molecular complexity index is 697. The Balaban J connectivity index is 2.24. The van der Waals surface area contributed by atoms with Crippen molar-refractivity contribution in [3.63, 3.8) is 0 Å². The average Bonchev–Trinajstić information content (AvgIpc) is 2.84. The van der Waals surface area contributed by atoms with Gasteiger partial charge >= 0.3 is 0 Å². The van der Waals surface area contributed by atoms with E-state index in [-0.39, 0.29) is 35.1 Å². The lowest BCUT2D eigenvalue weighted by Crippen LogP contribution is -2.43. The SMILES string of the molecule is CC(C)CN(C(=O)c1ccc([N+](=O)[O-])cc1)C1CCS(=O)(=O)C1. The topological polar surface area (TPSA) is 97.6 Å². The van der Waals surface area contributed by atoms with Crippen molar-refractivity contribution in [2.24, 2.45) is 5.92 Å². The summed E-state index contributed by atoms with van der Waals surface area (Å²) in [6.45, 7) is 4.37. The van der Waals surface area contributed by atoms with E-state index < -0.39 is 14.8 Å². The molecule has 0 aromatic heterocycles. The van der Waals surface area contributed by atoms with Crippen LogP contribution in [0, 0.1) is 16.0 Å². The highest BCUT2D eigenvalue weighted by Gasteiger charge is 2.35. The van der Waals surface area contributed by atoms with Crippen LogP contribution in [-0.4, -0.2) is 48.2 Å². The molecule has 1 aromatic carbocycles. The Morgan fingerprint density at radius 1 is 1.35 bits per heavy atom. The highest BCUT2D eigenvalue weighted by molar-refractivity contribution is 7.91. The molecule has 0 aliphatic carbocycles. The lowest BCUT2D eigenvalue weighted by Gasteiger charge is -2.30. The predicted molar refractivity (Wildman–Crippen MR) is 86.0 cm³/mol. The molecule has 1 aromatic rings. The first-order valence-corrected chi connectivity index (χ1v) is 9.27. The number of hydrogen-bond acceptors (Lipinski definition) is 5. The van der Waals surface area contributed by atoms with E-state index in [4.69, 9.17) is 0 Å². The zero-order chi connectivity index (χ0) is 17.2. The van der Waals surface area contributed by atoms with E-state index in [0.717, 1.165) is 0 Å². The van der Waals surface area contributed by atoms with Crippen LogP contribution in [0.2, 0.25) is 0 Å². The summed E-state index contributed by atoms with van der Waals surface area (Å²) < 4.78 is 23.4. The zero-order valence-electron chi connectivity index (χ0n) is 13.1. The summed E-state index contributed by atoms with van der Waals surface area (Å²) in [7, 11) is -3.09. The molecule has 1 amide bonds. The predicted octanol–water partition coefficient (Wildman–Crippen LogP) is 1.88. The third kappa shape index (κ3) is 4.28. The molecular formula is C15H20N2O5S. The van der Waals surface area contributed by atoms with Crippen LogP contribution in [0.5, 0.6) is 0 Å². The summed E-state index contributed by atoms with van der Waals surface area (Å²) in [5, 5.41) is 10.7. The number of rotatable bonds is 5. The number of amides is 1. The molecule has 2 rings (SSSR count). The van der Waals surface area contributed by atoms with E-state index in [0.29, 0.717) is 18.5 Å². The first kappa shape index (κ1) is 17.4. The van der Waals surface area contributed by atoms with Crippen LogP contribution in [0.4, 0.5) is 5.69 Å². The number of benzene rings is 1. The summed E-state index contributed by atoms with van der Waals surface area (Å²) in [5.74, 6) is -0.00544. The Morgan fingerprint density at radius 3 is 2.39 bits per heavy atom. The van der Waals surface area contributed by atoms with Gasteiger partial charge in [-0.25, -0.2) is 8.42 Å². The molecule has 1 fully saturated rings. The second kappa shape index (κ2) is 6.66. The minimum atomic E-state index is -3.09. The van der Waals surface area contributed by atoms with Gasteiger partial charge in [-0.3, -0.25) is 14.9 Å². The second-order valence-electron chi connectivity index (χ2n) is 6.21. The van der Waals surface area contributed by atoms with Gasteiger partial charge in [0.2, 0.25) is 0 Å². The average molecular weight is 340 g/mol. The molecule has 7 nitrogen and oxygen atoms in total. The molecule has 0 spiro atoms. The Hall–Kier alpha value is -1.96. The standard InChI is InChI=1S/C15H20N2O5S/c1-11(2)9-16(14-7-8-23(21,22)10-14)15(18)12-3-5-13(6-4-12)17(19)20/h3-6,11,14H,7-10H2,1-2H3. The van der Waals surface area contributed by atoms with Crippen LogP contribution in [0.1, 0.15) is 30.6 Å². The normalized spacial score (nSPS) is 19.7. The lowest BCUT2D eigenvalue weighted by atomic mass is 10.1. The molecule has 1 saturated heterocycles. The van der Waals surface area contributed by atoms with E-state index in [1.54, 1.807) is 4.90 Å². The number of carbonyl (C=O) groups excluding carboxylic acids is 1. The third-order valence-electron chi connectivity index (χ3n) is 3.80. The molecule has 1 atom stereocenters. The Kier molecular flexibility index (Phi) is 5.03. The maximum atomic E-state index is 12.7. The van der Waals surface area contributed by atoms with Crippen molar-refractivity contribution >= 4 is 21.4 Å². The van der Waals surface area contributed by atoms with Crippen LogP contribution in [0.3, 0.4) is 0 Å². The van der Waals surface area contributed by atoms with Gasteiger partial charge in [-0.05, 0) is 24.5 Å². The molecule has 23 heavy (non-hydrogen) atoms. The van der Waals surface area contributed by atoms with Gasteiger partial charge in [-0.1, -0.05) is 13.8 Å². The smallest absolute Gasteiger partial charge is 0.269 e. The molecule has 1 aliphatic heterocycles. The van der Waals surface area contributed by atoms with Crippen LogP contribution in [-0.2, 0) is 9.84 Å². The van der Waals surface area contributed by atoms with E-state index in [1.165, 1.54) is 24.3 Å². The van der Waals surface area contributed by atoms with Crippen molar-refractivity contribution in [3.05, 3.63) is 39.9 Å². The number of non-ortho nitro benzene ring substituents is 1. The summed E-state index contributed by atoms with van der Waals surface area (Å²) in [5.41, 5.74) is 0.251. The largest absolute Gasteiger partial charge is 0.334 e. The highest BCUT2D eigenvalue weighted by atomic mass is 32.2. The van der Waals surface area contributed by atoms with Gasteiger partial charge in [0, 0.05) is 30.3 Å². The number of nitro groups is 1. The van der Waals surface area contributed by atoms with Crippen molar-refractivity contribution in [2.45, 2.75) is 26.3 Å². The molecule has 126 valence electrons. The minimum absolute atomic E-state index is 0.0154. The van der Waals surface area contributed by atoms with Crippen molar-refractivity contribution < 1.29 is 18.1 Å². The molecule has 1 unspecified atom stereocenters. The first-order valence-electron chi connectivity index (χ1n) is 7.45. The van der Waals surface area contributed by atoms with Crippen LogP contribution in [0.15, 0.2) is 24.3 Å². The van der Waals surface area contributed by atoms with Crippen LogP contribution < -0.4 is 0 Å². The summed E-state index contributed by atoms with van der Waals surface area (Å²) in [4.78, 5) is 24.5. The zero-order valence-corrected chi connectivity index (χ0v) is 14.0. The molecule has 0 radical (unpaired) electrons. The maximum absolute atomic E-state index is 12.7. The summed E-state index contributed by atoms with van der Waals surface area (Å²) in [6, 6.07) is 5.07. The molecule has 8 heteroatoms.